The van der Waals surface area contributed by atoms with Crippen LogP contribution in [0.3, 0.4) is 0 Å². The van der Waals surface area contributed by atoms with Crippen molar-refractivity contribution in [3.8, 4) is 0 Å². The average molecular weight is 376 g/mol. The molecule has 0 bridgehead atoms. The van der Waals surface area contributed by atoms with Crippen molar-refractivity contribution < 1.29 is 19.1 Å². The summed E-state index contributed by atoms with van der Waals surface area (Å²) in [7, 11) is 0. The summed E-state index contributed by atoms with van der Waals surface area (Å²) in [5.41, 5.74) is 2.02. The van der Waals surface area contributed by atoms with E-state index in [0.717, 1.165) is 12.8 Å². The lowest BCUT2D eigenvalue weighted by Crippen LogP contribution is -2.45. The molecular weight excluding hydrogens is 344 g/mol. The van der Waals surface area contributed by atoms with Gasteiger partial charge in [0.2, 0.25) is 5.91 Å². The lowest BCUT2D eigenvalue weighted by Gasteiger charge is -2.29. The van der Waals surface area contributed by atoms with Crippen molar-refractivity contribution in [1.82, 2.24) is 9.88 Å². The maximum atomic E-state index is 13.2. The van der Waals surface area contributed by atoms with E-state index in [9.17, 15) is 14.4 Å². The van der Waals surface area contributed by atoms with Crippen LogP contribution in [0.2, 0.25) is 0 Å². The molecular formula is C21H32N2O4. The highest BCUT2D eigenvalue weighted by molar-refractivity contribution is 6.06. The van der Waals surface area contributed by atoms with E-state index < -0.39 is 12.0 Å². The Kier molecular flexibility index (Phi) is 6.84. The van der Waals surface area contributed by atoms with Gasteiger partial charge in [0.05, 0.1) is 12.6 Å². The molecule has 1 fully saturated rings. The molecule has 1 heterocycles. The maximum Gasteiger partial charge on any atom is 0.355 e. The number of Topliss-reactive ketones (excluding diaryl/α,β-unsaturated/α-hetero) is 1. The molecule has 1 aliphatic rings. The first-order valence-electron chi connectivity index (χ1n) is 9.87. The monoisotopic (exact) mass is 376 g/mol. The second-order valence-corrected chi connectivity index (χ2v) is 7.97. The van der Waals surface area contributed by atoms with E-state index in [0.29, 0.717) is 41.4 Å². The van der Waals surface area contributed by atoms with E-state index in [-0.39, 0.29) is 24.2 Å². The number of rotatable bonds is 9. The smallest absolute Gasteiger partial charge is 0.355 e. The lowest BCUT2D eigenvalue weighted by molar-refractivity contribution is -0.133. The van der Waals surface area contributed by atoms with E-state index in [1.54, 1.807) is 32.6 Å². The van der Waals surface area contributed by atoms with Crippen molar-refractivity contribution in [1.29, 1.82) is 0 Å². The third kappa shape index (κ3) is 4.99. The molecule has 0 unspecified atom stereocenters. The number of aryl methyl sites for hydroxylation is 1. The molecule has 2 rings (SSSR count). The van der Waals surface area contributed by atoms with E-state index >= 15 is 0 Å². The number of ether oxygens (including phenoxy) is 1. The summed E-state index contributed by atoms with van der Waals surface area (Å²) in [6.07, 6.45) is 2.66. The second kappa shape index (κ2) is 8.72. The quantitative estimate of drug-likeness (QED) is 0.527. The number of nitrogens with one attached hydrogen (secondary N) is 1. The molecule has 1 saturated carbocycles. The number of amides is 1. The number of aromatic amines is 1. The minimum atomic E-state index is -0.555. The van der Waals surface area contributed by atoms with Gasteiger partial charge in [0, 0.05) is 24.2 Å². The third-order valence-electron chi connectivity index (χ3n) is 5.07. The highest BCUT2D eigenvalue weighted by Gasteiger charge is 2.34. The van der Waals surface area contributed by atoms with Gasteiger partial charge in [-0.1, -0.05) is 13.8 Å². The summed E-state index contributed by atoms with van der Waals surface area (Å²) in [6.45, 7) is 12.0. The molecule has 0 saturated heterocycles. The van der Waals surface area contributed by atoms with Crippen molar-refractivity contribution in [3.63, 3.8) is 0 Å². The van der Waals surface area contributed by atoms with E-state index in [1.165, 1.54) is 0 Å². The Morgan fingerprint density at radius 3 is 2.33 bits per heavy atom. The largest absolute Gasteiger partial charge is 0.461 e. The van der Waals surface area contributed by atoms with Crippen molar-refractivity contribution in [3.05, 3.63) is 22.5 Å². The molecule has 1 aromatic heterocycles. The van der Waals surface area contributed by atoms with Gasteiger partial charge < -0.3 is 14.6 Å². The third-order valence-corrected chi connectivity index (χ3v) is 5.07. The number of nitrogens with zero attached hydrogens (tertiary/aromatic N) is 1. The van der Waals surface area contributed by atoms with E-state index in [2.05, 4.69) is 4.98 Å². The zero-order valence-electron chi connectivity index (χ0n) is 17.3. The number of hydrogen-bond donors (Lipinski definition) is 1. The minimum Gasteiger partial charge on any atom is -0.461 e. The van der Waals surface area contributed by atoms with Crippen LogP contribution in [0.15, 0.2) is 0 Å². The molecule has 150 valence electrons. The van der Waals surface area contributed by atoms with Crippen LogP contribution in [-0.2, 0) is 9.53 Å². The van der Waals surface area contributed by atoms with Gasteiger partial charge in [-0.3, -0.25) is 9.59 Å². The van der Waals surface area contributed by atoms with Gasteiger partial charge >= 0.3 is 5.97 Å². The lowest BCUT2D eigenvalue weighted by atomic mass is 9.98. The first kappa shape index (κ1) is 21.2. The first-order valence-corrected chi connectivity index (χ1v) is 9.87. The van der Waals surface area contributed by atoms with Gasteiger partial charge in [0.25, 0.3) is 0 Å². The first-order chi connectivity index (χ1) is 12.7. The Morgan fingerprint density at radius 2 is 1.81 bits per heavy atom. The molecule has 6 heteroatoms. The van der Waals surface area contributed by atoms with Crippen LogP contribution in [0, 0.1) is 25.7 Å². The number of ketones is 1. The van der Waals surface area contributed by atoms with Crippen LogP contribution < -0.4 is 0 Å². The summed E-state index contributed by atoms with van der Waals surface area (Å²) in [5, 5.41) is 0. The fourth-order valence-corrected chi connectivity index (χ4v) is 3.40. The van der Waals surface area contributed by atoms with Gasteiger partial charge in [-0.25, -0.2) is 4.79 Å². The zero-order valence-corrected chi connectivity index (χ0v) is 17.3. The second-order valence-electron chi connectivity index (χ2n) is 7.97. The van der Waals surface area contributed by atoms with Gasteiger partial charge in [-0.2, -0.15) is 0 Å². The van der Waals surface area contributed by atoms with Gasteiger partial charge in [-0.05, 0) is 57.9 Å². The molecule has 1 amide bonds. The molecule has 6 nitrogen and oxygen atoms in total. The highest BCUT2D eigenvalue weighted by Crippen LogP contribution is 2.31. The molecule has 0 spiro atoms. The van der Waals surface area contributed by atoms with Crippen molar-refractivity contribution in [2.75, 3.05) is 13.2 Å². The summed E-state index contributed by atoms with van der Waals surface area (Å²) in [6, 6.07) is -0.555. The van der Waals surface area contributed by atoms with Gasteiger partial charge in [0.1, 0.15) is 5.69 Å². The zero-order chi connectivity index (χ0) is 20.3. The van der Waals surface area contributed by atoms with Crippen LogP contribution >= 0.6 is 0 Å². The summed E-state index contributed by atoms with van der Waals surface area (Å²) >= 11 is 0. The maximum absolute atomic E-state index is 13.2. The number of H-pyrrole nitrogens is 1. The molecule has 0 radical (unpaired) electrons. The Balaban J connectivity index is 2.28. The van der Waals surface area contributed by atoms with Gasteiger partial charge in [-0.15, -0.1) is 0 Å². The summed E-state index contributed by atoms with van der Waals surface area (Å²) in [5.74, 6) is 0.173. The molecule has 0 aliphatic heterocycles. The molecule has 0 aromatic carbocycles. The highest BCUT2D eigenvalue weighted by atomic mass is 16.5. The Hall–Kier alpha value is -2.11. The molecule has 27 heavy (non-hydrogen) atoms. The molecule has 1 N–H and O–H groups in total. The van der Waals surface area contributed by atoms with Crippen LogP contribution in [0.4, 0.5) is 0 Å². The minimum absolute atomic E-state index is 0.0224. The number of carbonyl (C=O) groups is 3. The number of esters is 1. The standard InChI is InChI=1S/C21H32N2O4/c1-7-27-21(26)19-13(4)18(14(5)22-19)20(25)15(6)23(11-16-8-9-16)17(24)10-12(2)3/h12,15-16,22H,7-11H2,1-6H3/t15-/m0/s1. The van der Waals surface area contributed by atoms with E-state index in [4.69, 9.17) is 4.74 Å². The predicted molar refractivity (Wildman–Crippen MR) is 104 cm³/mol. The number of hydrogen-bond acceptors (Lipinski definition) is 4. The van der Waals surface area contributed by atoms with Crippen LogP contribution in [0.25, 0.3) is 0 Å². The van der Waals surface area contributed by atoms with E-state index in [1.807, 2.05) is 13.8 Å². The Morgan fingerprint density at radius 1 is 1.19 bits per heavy atom. The van der Waals surface area contributed by atoms with Crippen molar-refractivity contribution >= 4 is 17.7 Å². The Bertz CT molecular complexity index is 716. The normalized spacial score (nSPS) is 14.9. The Labute approximate surface area is 161 Å². The molecule has 1 atom stereocenters. The topological polar surface area (TPSA) is 79.5 Å². The summed E-state index contributed by atoms with van der Waals surface area (Å²) in [4.78, 5) is 42.8. The molecule has 1 aromatic rings. The SMILES string of the molecule is CCOC(=O)c1[nH]c(C)c(C(=O)[C@H](C)N(CC2CC2)C(=O)CC(C)C)c1C. The van der Waals surface area contributed by atoms with Crippen LogP contribution in [0.1, 0.15) is 79.1 Å². The number of aromatic nitrogens is 1. The predicted octanol–water partition coefficient (Wildman–Crippen LogP) is 3.66. The summed E-state index contributed by atoms with van der Waals surface area (Å²) < 4.78 is 5.06. The fourth-order valence-electron chi connectivity index (χ4n) is 3.40. The number of carbonyl (C=O) groups excluding carboxylic acids is 3. The average Bonchev–Trinajstić information content (AvgIpc) is 3.35. The van der Waals surface area contributed by atoms with Crippen LogP contribution in [-0.4, -0.2) is 46.7 Å². The van der Waals surface area contributed by atoms with Crippen molar-refractivity contribution in [2.45, 2.75) is 66.8 Å². The molecule has 1 aliphatic carbocycles. The van der Waals surface area contributed by atoms with Crippen LogP contribution in [0.5, 0.6) is 0 Å². The fraction of sp³-hybridized carbons (Fsp3) is 0.667. The van der Waals surface area contributed by atoms with Gasteiger partial charge in [0.15, 0.2) is 5.78 Å². The van der Waals surface area contributed by atoms with Crippen molar-refractivity contribution in [2.24, 2.45) is 11.8 Å².